The van der Waals surface area contributed by atoms with Crippen LogP contribution in [0.15, 0.2) is 18.2 Å². The average Bonchev–Trinajstić information content (AvgIpc) is 2.34. The lowest BCUT2D eigenvalue weighted by molar-refractivity contribution is -0.131. The minimum atomic E-state index is -1.04. The molecule has 0 radical (unpaired) electrons. The predicted octanol–water partition coefficient (Wildman–Crippen LogP) is 1.81. The van der Waals surface area contributed by atoms with Gasteiger partial charge in [-0.25, -0.2) is 4.79 Å². The summed E-state index contributed by atoms with van der Waals surface area (Å²) in [5.74, 6) is 0.508. The second-order valence-electron chi connectivity index (χ2n) is 3.12. The Balaban J connectivity index is 3.29. The Morgan fingerprint density at radius 1 is 1.12 bits per heavy atom. The summed E-state index contributed by atoms with van der Waals surface area (Å²) < 4.78 is 15.4. The van der Waals surface area contributed by atoms with Gasteiger partial charge in [0.05, 0.1) is 26.9 Å². The molecule has 92 valence electrons. The number of methoxy groups -OCH3 is 3. The highest BCUT2D eigenvalue weighted by molar-refractivity contribution is 5.87. The standard InChI is InChI=1S/C12H14O5/c1-15-8-6-10(16-2)9(4-5-12(13)14)11(7-8)17-3/h4-7H,1-3H3,(H,13,14)/b5-4+. The van der Waals surface area contributed by atoms with E-state index in [1.165, 1.54) is 27.4 Å². The van der Waals surface area contributed by atoms with E-state index in [0.717, 1.165) is 6.08 Å². The summed E-state index contributed by atoms with van der Waals surface area (Å²) in [5, 5.41) is 8.61. The Labute approximate surface area is 99.2 Å². The monoisotopic (exact) mass is 238 g/mol. The van der Waals surface area contributed by atoms with Crippen molar-refractivity contribution in [1.29, 1.82) is 0 Å². The molecule has 5 nitrogen and oxygen atoms in total. The van der Waals surface area contributed by atoms with Gasteiger partial charge in [0, 0.05) is 18.2 Å². The van der Waals surface area contributed by atoms with Crippen LogP contribution in [-0.4, -0.2) is 32.4 Å². The molecule has 0 saturated heterocycles. The molecule has 0 unspecified atom stereocenters. The summed E-state index contributed by atoms with van der Waals surface area (Å²) in [6, 6.07) is 3.31. The molecule has 1 aromatic carbocycles. The van der Waals surface area contributed by atoms with Crippen molar-refractivity contribution in [3.8, 4) is 17.2 Å². The molecule has 17 heavy (non-hydrogen) atoms. The van der Waals surface area contributed by atoms with Crippen LogP contribution in [0.1, 0.15) is 5.56 Å². The molecular formula is C12H14O5. The molecule has 5 heteroatoms. The van der Waals surface area contributed by atoms with Crippen molar-refractivity contribution in [3.63, 3.8) is 0 Å². The minimum Gasteiger partial charge on any atom is -0.496 e. The number of carboxylic acids is 1. The minimum absolute atomic E-state index is 0.485. The summed E-state index contributed by atoms with van der Waals surface area (Å²) in [6.07, 6.45) is 2.44. The van der Waals surface area contributed by atoms with Gasteiger partial charge in [0.15, 0.2) is 0 Å². The van der Waals surface area contributed by atoms with E-state index in [9.17, 15) is 4.79 Å². The van der Waals surface area contributed by atoms with Crippen molar-refractivity contribution in [1.82, 2.24) is 0 Å². The highest BCUT2D eigenvalue weighted by Crippen LogP contribution is 2.34. The fraction of sp³-hybridized carbons (Fsp3) is 0.250. The molecule has 0 amide bonds. The highest BCUT2D eigenvalue weighted by atomic mass is 16.5. The van der Waals surface area contributed by atoms with Gasteiger partial charge in [0.25, 0.3) is 0 Å². The van der Waals surface area contributed by atoms with Gasteiger partial charge in [0.1, 0.15) is 17.2 Å². The van der Waals surface area contributed by atoms with Crippen molar-refractivity contribution in [2.45, 2.75) is 0 Å². The van der Waals surface area contributed by atoms with E-state index in [4.69, 9.17) is 19.3 Å². The Bertz CT molecular complexity index is 412. The first-order chi connectivity index (χ1) is 8.12. The number of rotatable bonds is 5. The Morgan fingerprint density at radius 3 is 2.00 bits per heavy atom. The molecule has 0 saturated carbocycles. The first-order valence-corrected chi connectivity index (χ1v) is 4.83. The second-order valence-corrected chi connectivity index (χ2v) is 3.12. The molecule has 0 aromatic heterocycles. The number of carbonyl (C=O) groups is 1. The summed E-state index contributed by atoms with van der Waals surface area (Å²) in [5.41, 5.74) is 0.554. The normalized spacial score (nSPS) is 10.3. The van der Waals surface area contributed by atoms with Crippen molar-refractivity contribution in [3.05, 3.63) is 23.8 Å². The molecule has 0 spiro atoms. The van der Waals surface area contributed by atoms with Gasteiger partial charge in [-0.2, -0.15) is 0 Å². The van der Waals surface area contributed by atoms with Crippen LogP contribution >= 0.6 is 0 Å². The van der Waals surface area contributed by atoms with E-state index in [1.54, 1.807) is 12.1 Å². The largest absolute Gasteiger partial charge is 0.496 e. The Morgan fingerprint density at radius 2 is 1.65 bits per heavy atom. The Kier molecular flexibility index (Phi) is 4.39. The lowest BCUT2D eigenvalue weighted by atomic mass is 10.1. The van der Waals surface area contributed by atoms with Crippen LogP contribution in [0.2, 0.25) is 0 Å². The smallest absolute Gasteiger partial charge is 0.328 e. The summed E-state index contributed by atoms with van der Waals surface area (Å²) >= 11 is 0. The first-order valence-electron chi connectivity index (χ1n) is 4.83. The third kappa shape index (κ3) is 3.14. The predicted molar refractivity (Wildman–Crippen MR) is 62.8 cm³/mol. The topological polar surface area (TPSA) is 65.0 Å². The van der Waals surface area contributed by atoms with E-state index in [1.807, 2.05) is 0 Å². The van der Waals surface area contributed by atoms with E-state index < -0.39 is 5.97 Å². The lowest BCUT2D eigenvalue weighted by Gasteiger charge is -2.12. The quantitative estimate of drug-likeness (QED) is 0.792. The van der Waals surface area contributed by atoms with E-state index in [0.29, 0.717) is 22.8 Å². The van der Waals surface area contributed by atoms with Crippen LogP contribution in [0.25, 0.3) is 6.08 Å². The first kappa shape index (κ1) is 12.9. The number of hydrogen-bond donors (Lipinski definition) is 1. The fourth-order valence-electron chi connectivity index (χ4n) is 1.35. The summed E-state index contributed by atoms with van der Waals surface area (Å²) in [6.45, 7) is 0. The van der Waals surface area contributed by atoms with Crippen molar-refractivity contribution in [2.24, 2.45) is 0 Å². The third-order valence-electron chi connectivity index (χ3n) is 2.15. The van der Waals surface area contributed by atoms with Gasteiger partial charge < -0.3 is 19.3 Å². The summed E-state index contributed by atoms with van der Waals surface area (Å²) in [7, 11) is 4.51. The van der Waals surface area contributed by atoms with Crippen LogP contribution in [-0.2, 0) is 4.79 Å². The van der Waals surface area contributed by atoms with Gasteiger partial charge in [-0.15, -0.1) is 0 Å². The SMILES string of the molecule is COc1cc(OC)c(/C=C/C(=O)O)c(OC)c1. The molecule has 1 aromatic rings. The molecule has 0 fully saturated rings. The maximum atomic E-state index is 10.5. The molecule has 0 aliphatic rings. The molecular weight excluding hydrogens is 224 g/mol. The highest BCUT2D eigenvalue weighted by Gasteiger charge is 2.10. The number of carboxylic acid groups (broad SMARTS) is 1. The average molecular weight is 238 g/mol. The molecule has 1 rings (SSSR count). The van der Waals surface area contributed by atoms with Gasteiger partial charge in [-0.3, -0.25) is 0 Å². The molecule has 1 N–H and O–H groups in total. The Hall–Kier alpha value is -2.17. The third-order valence-corrected chi connectivity index (χ3v) is 2.15. The summed E-state index contributed by atoms with van der Waals surface area (Å²) in [4.78, 5) is 10.5. The zero-order valence-corrected chi connectivity index (χ0v) is 9.89. The van der Waals surface area contributed by atoms with Crippen LogP contribution in [0.4, 0.5) is 0 Å². The molecule has 0 heterocycles. The van der Waals surface area contributed by atoms with Crippen molar-refractivity contribution < 1.29 is 24.1 Å². The van der Waals surface area contributed by atoms with Gasteiger partial charge in [0.2, 0.25) is 0 Å². The fourth-order valence-corrected chi connectivity index (χ4v) is 1.35. The van der Waals surface area contributed by atoms with E-state index >= 15 is 0 Å². The second kappa shape index (κ2) is 5.79. The maximum Gasteiger partial charge on any atom is 0.328 e. The maximum absolute atomic E-state index is 10.5. The van der Waals surface area contributed by atoms with Crippen LogP contribution in [0.3, 0.4) is 0 Å². The molecule has 0 aliphatic heterocycles. The van der Waals surface area contributed by atoms with Gasteiger partial charge in [-0.1, -0.05) is 0 Å². The van der Waals surface area contributed by atoms with Crippen molar-refractivity contribution >= 4 is 12.0 Å². The number of ether oxygens (including phenoxy) is 3. The van der Waals surface area contributed by atoms with Gasteiger partial charge in [-0.05, 0) is 6.08 Å². The lowest BCUT2D eigenvalue weighted by Crippen LogP contribution is -1.95. The van der Waals surface area contributed by atoms with Gasteiger partial charge >= 0.3 is 5.97 Å². The zero-order chi connectivity index (χ0) is 12.8. The van der Waals surface area contributed by atoms with E-state index in [-0.39, 0.29) is 0 Å². The van der Waals surface area contributed by atoms with Crippen LogP contribution in [0, 0.1) is 0 Å². The number of benzene rings is 1. The molecule has 0 bridgehead atoms. The van der Waals surface area contributed by atoms with E-state index in [2.05, 4.69) is 0 Å². The number of hydrogen-bond acceptors (Lipinski definition) is 4. The molecule has 0 aliphatic carbocycles. The van der Waals surface area contributed by atoms with Crippen LogP contribution < -0.4 is 14.2 Å². The van der Waals surface area contributed by atoms with Crippen molar-refractivity contribution in [2.75, 3.05) is 21.3 Å². The van der Waals surface area contributed by atoms with Crippen LogP contribution in [0.5, 0.6) is 17.2 Å². The number of aliphatic carboxylic acids is 1. The molecule has 0 atom stereocenters. The zero-order valence-electron chi connectivity index (χ0n) is 9.89.